The number of methoxy groups -OCH3 is 1. The Morgan fingerprint density at radius 3 is 1.75 bits per heavy atom. The van der Waals surface area contributed by atoms with E-state index in [2.05, 4.69) is 73.7 Å². The number of esters is 1. The van der Waals surface area contributed by atoms with Gasteiger partial charge in [-0.3, -0.25) is 0 Å². The summed E-state index contributed by atoms with van der Waals surface area (Å²) in [5, 5.41) is 14.7. The Bertz CT molecular complexity index is 2470. The van der Waals surface area contributed by atoms with Crippen LogP contribution in [-0.4, -0.2) is 47.4 Å². The van der Waals surface area contributed by atoms with Crippen LogP contribution in [0.1, 0.15) is 63.3 Å². The number of carbonyl (C=O) groups is 1. The third-order valence-electron chi connectivity index (χ3n) is 10.4. The van der Waals surface area contributed by atoms with Gasteiger partial charge in [0.15, 0.2) is 17.1 Å². The summed E-state index contributed by atoms with van der Waals surface area (Å²) < 4.78 is 9.35. The number of aromatic nitrogens is 7. The van der Waals surface area contributed by atoms with Gasteiger partial charge in [0.25, 0.3) is 0 Å². The quantitative estimate of drug-likeness (QED) is 0.0917. The van der Waals surface area contributed by atoms with Gasteiger partial charge in [-0.05, 0) is 71.0 Å². The fourth-order valence-electron chi connectivity index (χ4n) is 7.78. The number of hydrogen-bond acceptors (Lipinski definition) is 6. The molecule has 0 radical (unpaired) electrons. The number of benzene rings is 5. The van der Waals surface area contributed by atoms with Crippen LogP contribution in [0.15, 0.2) is 152 Å². The molecule has 0 aliphatic rings. The second kappa shape index (κ2) is 15.5. The maximum Gasteiger partial charge on any atom is 0.358 e. The van der Waals surface area contributed by atoms with Gasteiger partial charge >= 0.3 is 5.97 Å². The Kier molecular flexibility index (Phi) is 9.98. The summed E-state index contributed by atoms with van der Waals surface area (Å²) in [4.78, 5) is 20.2. The standard InChI is InChI=1S/C47H43N7O2/c1-5-17-42-48-45(53-33(2)26-27-34(53)3)43(46(55)56-4)52(42)32-35-28-30-36(31-29-35)40-24-15-16-25-41(40)44-49-51-54(50-44)47(37-18-9-6-10-19-37,38-20-11-7-12-21-38)39-22-13-8-14-23-39/h6-16,18-31H,5,17,32H2,1-4H3. The molecule has 3 heterocycles. The van der Waals surface area contributed by atoms with Crippen molar-refractivity contribution in [2.75, 3.05) is 7.11 Å². The first-order valence-electron chi connectivity index (χ1n) is 18.9. The molecule has 0 atom stereocenters. The normalized spacial score (nSPS) is 11.5. The average molecular weight is 738 g/mol. The molecule has 0 N–H and O–H groups in total. The fourth-order valence-corrected chi connectivity index (χ4v) is 7.78. The molecule has 8 rings (SSSR count). The van der Waals surface area contributed by atoms with Crippen LogP contribution in [0.25, 0.3) is 28.3 Å². The van der Waals surface area contributed by atoms with Crippen LogP contribution in [0.2, 0.25) is 0 Å². The highest BCUT2D eigenvalue weighted by Gasteiger charge is 2.41. The van der Waals surface area contributed by atoms with Crippen molar-refractivity contribution < 1.29 is 9.53 Å². The lowest BCUT2D eigenvalue weighted by molar-refractivity contribution is 0.0588. The number of rotatable bonds is 12. The monoisotopic (exact) mass is 737 g/mol. The van der Waals surface area contributed by atoms with Gasteiger partial charge in [-0.2, -0.15) is 0 Å². The predicted molar refractivity (Wildman–Crippen MR) is 219 cm³/mol. The van der Waals surface area contributed by atoms with E-state index in [9.17, 15) is 4.79 Å². The highest BCUT2D eigenvalue weighted by atomic mass is 16.5. The number of tetrazole rings is 1. The van der Waals surface area contributed by atoms with Crippen LogP contribution >= 0.6 is 0 Å². The van der Waals surface area contributed by atoms with E-state index >= 15 is 0 Å². The van der Waals surface area contributed by atoms with E-state index in [0.29, 0.717) is 23.9 Å². The van der Waals surface area contributed by atoms with Crippen LogP contribution < -0.4 is 0 Å². The van der Waals surface area contributed by atoms with Gasteiger partial charge in [-0.1, -0.05) is 146 Å². The number of imidazole rings is 1. The van der Waals surface area contributed by atoms with Crippen LogP contribution in [0, 0.1) is 13.8 Å². The number of nitrogens with zero attached hydrogens (tertiary/aromatic N) is 7. The summed E-state index contributed by atoms with van der Waals surface area (Å²) in [5.41, 5.74) is 8.51. The Morgan fingerprint density at radius 2 is 1.21 bits per heavy atom. The van der Waals surface area contributed by atoms with Crippen LogP contribution in [0.3, 0.4) is 0 Å². The van der Waals surface area contributed by atoms with Gasteiger partial charge < -0.3 is 13.9 Å². The number of hydrogen-bond donors (Lipinski definition) is 0. The highest BCUT2D eigenvalue weighted by molar-refractivity contribution is 5.91. The molecule has 3 aromatic heterocycles. The summed E-state index contributed by atoms with van der Waals surface area (Å²) in [7, 11) is 1.42. The van der Waals surface area contributed by atoms with Crippen molar-refractivity contribution in [1.29, 1.82) is 0 Å². The third-order valence-corrected chi connectivity index (χ3v) is 10.4. The van der Waals surface area contributed by atoms with E-state index in [1.54, 1.807) is 4.80 Å². The molecule has 0 fully saturated rings. The first-order valence-corrected chi connectivity index (χ1v) is 18.9. The minimum atomic E-state index is -0.878. The van der Waals surface area contributed by atoms with Crippen molar-refractivity contribution in [2.24, 2.45) is 0 Å². The predicted octanol–water partition coefficient (Wildman–Crippen LogP) is 9.24. The Labute approximate surface area is 326 Å². The second-order valence-corrected chi connectivity index (χ2v) is 13.9. The average Bonchev–Trinajstić information content (AvgIpc) is 3.96. The van der Waals surface area contributed by atoms with Gasteiger partial charge in [0, 0.05) is 29.9 Å². The molecule has 0 aliphatic heterocycles. The van der Waals surface area contributed by atoms with Gasteiger partial charge in [0.05, 0.1) is 7.11 Å². The molecule has 0 amide bonds. The van der Waals surface area contributed by atoms with Gasteiger partial charge in [-0.25, -0.2) is 9.78 Å². The summed E-state index contributed by atoms with van der Waals surface area (Å²) in [6, 6.07) is 51.7. The van der Waals surface area contributed by atoms with Gasteiger partial charge in [0.1, 0.15) is 5.82 Å². The van der Waals surface area contributed by atoms with E-state index in [0.717, 1.165) is 69.0 Å². The zero-order chi connectivity index (χ0) is 38.6. The lowest BCUT2D eigenvalue weighted by Crippen LogP contribution is -2.39. The van der Waals surface area contributed by atoms with Crippen LogP contribution in [-0.2, 0) is 23.2 Å². The first-order chi connectivity index (χ1) is 27.4. The van der Waals surface area contributed by atoms with Gasteiger partial charge in [-0.15, -0.1) is 15.0 Å². The molecule has 0 saturated carbocycles. The molecule has 0 unspecified atom stereocenters. The minimum Gasteiger partial charge on any atom is -0.464 e. The largest absolute Gasteiger partial charge is 0.464 e. The van der Waals surface area contributed by atoms with Crippen molar-refractivity contribution in [1.82, 2.24) is 34.3 Å². The van der Waals surface area contributed by atoms with Crippen molar-refractivity contribution in [3.8, 4) is 28.3 Å². The molecular formula is C47H43N7O2. The summed E-state index contributed by atoms with van der Waals surface area (Å²) in [6.45, 7) is 6.62. The van der Waals surface area contributed by atoms with E-state index in [4.69, 9.17) is 25.1 Å². The van der Waals surface area contributed by atoms with Crippen molar-refractivity contribution in [2.45, 2.75) is 45.7 Å². The van der Waals surface area contributed by atoms with E-state index in [-0.39, 0.29) is 0 Å². The maximum absolute atomic E-state index is 13.4. The molecule has 9 nitrogen and oxygen atoms in total. The fraction of sp³-hybridized carbons (Fsp3) is 0.170. The maximum atomic E-state index is 13.4. The van der Waals surface area contributed by atoms with Crippen LogP contribution in [0.4, 0.5) is 0 Å². The zero-order valence-electron chi connectivity index (χ0n) is 32.0. The van der Waals surface area contributed by atoms with Crippen molar-refractivity contribution in [3.63, 3.8) is 0 Å². The topological polar surface area (TPSA) is 92.7 Å². The Hall–Kier alpha value is -6.87. The van der Waals surface area contributed by atoms with Crippen molar-refractivity contribution >= 4 is 5.97 Å². The van der Waals surface area contributed by atoms with Gasteiger partial charge in [0.2, 0.25) is 5.82 Å². The molecular weight excluding hydrogens is 695 g/mol. The second-order valence-electron chi connectivity index (χ2n) is 13.9. The smallest absolute Gasteiger partial charge is 0.358 e. The number of carbonyl (C=O) groups excluding carboxylic acids is 1. The number of ether oxygens (including phenoxy) is 1. The lowest BCUT2D eigenvalue weighted by atomic mass is 9.77. The SMILES string of the molecule is CCCc1nc(-n2c(C)ccc2C)c(C(=O)OC)n1Cc1ccc(-c2ccccc2-c2nnn(C(c3ccccc3)(c3ccccc3)c3ccccc3)n2)cc1. The highest BCUT2D eigenvalue weighted by Crippen LogP contribution is 2.40. The third kappa shape index (κ3) is 6.41. The van der Waals surface area contributed by atoms with Crippen molar-refractivity contribution in [3.05, 3.63) is 197 Å². The molecule has 8 aromatic rings. The lowest BCUT2D eigenvalue weighted by Gasteiger charge is -2.34. The van der Waals surface area contributed by atoms with Crippen LogP contribution in [0.5, 0.6) is 0 Å². The molecule has 0 bridgehead atoms. The first kappa shape index (κ1) is 36.1. The van der Waals surface area contributed by atoms with E-state index in [1.807, 2.05) is 108 Å². The zero-order valence-corrected chi connectivity index (χ0v) is 32.0. The molecule has 0 aliphatic carbocycles. The molecule has 0 saturated heterocycles. The molecule has 56 heavy (non-hydrogen) atoms. The minimum absolute atomic E-state index is 0.413. The Balaban J connectivity index is 1.18. The van der Waals surface area contributed by atoms with E-state index in [1.165, 1.54) is 7.11 Å². The molecule has 9 heteroatoms. The molecule has 0 spiro atoms. The number of aryl methyl sites for hydroxylation is 3. The Morgan fingerprint density at radius 1 is 0.679 bits per heavy atom. The molecule has 278 valence electrons. The summed E-state index contributed by atoms with van der Waals surface area (Å²) in [5.74, 6) is 1.55. The summed E-state index contributed by atoms with van der Waals surface area (Å²) >= 11 is 0. The summed E-state index contributed by atoms with van der Waals surface area (Å²) in [6.07, 6.45) is 1.61. The van der Waals surface area contributed by atoms with E-state index < -0.39 is 11.5 Å². The molecule has 5 aromatic carbocycles.